The normalized spacial score (nSPS) is 15.7. The van der Waals surface area contributed by atoms with Gasteiger partial charge in [0, 0.05) is 18.5 Å². The van der Waals surface area contributed by atoms with Crippen molar-refractivity contribution in [2.45, 2.75) is 44.1 Å². The summed E-state index contributed by atoms with van der Waals surface area (Å²) in [5.41, 5.74) is 2.49. The summed E-state index contributed by atoms with van der Waals surface area (Å²) in [6.45, 7) is 1.86. The van der Waals surface area contributed by atoms with Gasteiger partial charge in [-0.15, -0.1) is 0 Å². The first-order valence-corrected chi connectivity index (χ1v) is 11.6. The van der Waals surface area contributed by atoms with Crippen LogP contribution in [0.25, 0.3) is 10.9 Å². The predicted octanol–water partition coefficient (Wildman–Crippen LogP) is 5.88. The molecule has 33 heavy (non-hydrogen) atoms. The molecule has 8 heteroatoms. The zero-order valence-corrected chi connectivity index (χ0v) is 20.3. The van der Waals surface area contributed by atoms with Crippen molar-refractivity contribution in [1.29, 1.82) is 0 Å². The third kappa shape index (κ3) is 3.96. The second-order valence-corrected chi connectivity index (χ2v) is 9.29. The van der Waals surface area contributed by atoms with Gasteiger partial charge in [0.1, 0.15) is 16.5 Å². The highest BCUT2D eigenvalue weighted by Gasteiger charge is 2.40. The summed E-state index contributed by atoms with van der Waals surface area (Å²) in [6, 6.07) is 11.1. The minimum atomic E-state index is -0.830. The predicted molar refractivity (Wildman–Crippen MR) is 130 cm³/mol. The number of carboxylic acid groups (broad SMARTS) is 1. The molecule has 0 aliphatic heterocycles. The van der Waals surface area contributed by atoms with Crippen molar-refractivity contribution < 1.29 is 19.4 Å². The highest BCUT2D eigenvalue weighted by atomic mass is 35.5. The van der Waals surface area contributed by atoms with Crippen molar-refractivity contribution in [1.82, 2.24) is 9.88 Å². The largest absolute Gasteiger partial charge is 0.495 e. The maximum atomic E-state index is 13.4. The van der Waals surface area contributed by atoms with E-state index in [1.54, 1.807) is 23.7 Å². The number of carbonyl (C=O) groups is 2. The quantitative estimate of drug-likeness (QED) is 0.434. The maximum absolute atomic E-state index is 13.4. The van der Waals surface area contributed by atoms with E-state index in [0.29, 0.717) is 33.3 Å². The minimum absolute atomic E-state index is 0.208. The Bertz CT molecular complexity index is 1230. The van der Waals surface area contributed by atoms with Crippen molar-refractivity contribution in [2.24, 2.45) is 7.05 Å². The first-order valence-electron chi connectivity index (χ1n) is 10.9. The van der Waals surface area contributed by atoms with Gasteiger partial charge < -0.3 is 19.7 Å². The Hall–Kier alpha value is -2.70. The number of hydrogen-bond acceptors (Lipinski definition) is 3. The van der Waals surface area contributed by atoms with Crippen LogP contribution in [0.2, 0.25) is 10.0 Å². The van der Waals surface area contributed by atoms with E-state index in [0.717, 1.165) is 35.9 Å². The number of ether oxygens (including phenoxy) is 1. The third-order valence-corrected chi connectivity index (χ3v) is 7.64. The van der Waals surface area contributed by atoms with Crippen LogP contribution in [0.3, 0.4) is 0 Å². The van der Waals surface area contributed by atoms with Crippen molar-refractivity contribution in [3.05, 3.63) is 63.3 Å². The van der Waals surface area contributed by atoms with Crippen LogP contribution >= 0.6 is 23.2 Å². The summed E-state index contributed by atoms with van der Waals surface area (Å²) in [5, 5.41) is 14.0. The molecule has 1 amide bonds. The molecule has 3 aromatic rings. The number of nitrogens with one attached hydrogen (secondary N) is 1. The molecule has 1 aliphatic rings. The zero-order valence-electron chi connectivity index (χ0n) is 18.7. The Morgan fingerprint density at radius 2 is 1.85 bits per heavy atom. The summed E-state index contributed by atoms with van der Waals surface area (Å²) < 4.78 is 7.09. The van der Waals surface area contributed by atoms with Gasteiger partial charge in [-0.25, -0.2) is 0 Å². The number of fused-ring (bicyclic) bond motifs is 1. The van der Waals surface area contributed by atoms with Gasteiger partial charge in [0.05, 0.1) is 29.1 Å². The molecule has 1 heterocycles. The molecule has 1 unspecified atom stereocenters. The minimum Gasteiger partial charge on any atom is -0.495 e. The molecule has 2 aromatic carbocycles. The topological polar surface area (TPSA) is 80.6 Å². The molecule has 2 N–H and O–H groups in total. The Labute approximate surface area is 202 Å². The van der Waals surface area contributed by atoms with E-state index in [1.807, 2.05) is 31.2 Å². The first kappa shape index (κ1) is 23.5. The Morgan fingerprint density at radius 1 is 1.18 bits per heavy atom. The maximum Gasteiger partial charge on any atom is 0.310 e. The number of hydrogen-bond donors (Lipinski definition) is 2. The molecule has 1 saturated carbocycles. The lowest BCUT2D eigenvalue weighted by molar-refractivity contribution is -0.138. The molecule has 0 spiro atoms. The van der Waals surface area contributed by atoms with Crippen LogP contribution in [-0.2, 0) is 17.4 Å². The van der Waals surface area contributed by atoms with Crippen LogP contribution in [0.15, 0.2) is 36.4 Å². The number of nitrogens with zero attached hydrogens (tertiary/aromatic N) is 1. The summed E-state index contributed by atoms with van der Waals surface area (Å²) in [7, 11) is 3.32. The Balaban J connectivity index is 1.65. The van der Waals surface area contributed by atoms with Crippen LogP contribution in [0.5, 0.6) is 5.75 Å². The molecule has 1 aromatic heterocycles. The molecule has 174 valence electrons. The molecule has 0 saturated heterocycles. The SMILES string of the molecule is CCC(C(=O)O)c1ccc(C2(NC(=O)c3cc4c(Cl)c(Cl)c(OC)cc4n3C)CCC2)cc1. The molecule has 0 bridgehead atoms. The van der Waals surface area contributed by atoms with Gasteiger partial charge in [0.25, 0.3) is 5.91 Å². The molecular weight excluding hydrogens is 463 g/mol. The molecule has 1 aliphatic carbocycles. The highest BCUT2D eigenvalue weighted by Crippen LogP contribution is 2.43. The van der Waals surface area contributed by atoms with E-state index in [9.17, 15) is 14.7 Å². The van der Waals surface area contributed by atoms with Gasteiger partial charge in [0.15, 0.2) is 0 Å². The monoisotopic (exact) mass is 488 g/mol. The van der Waals surface area contributed by atoms with Crippen molar-refractivity contribution in [2.75, 3.05) is 7.11 Å². The van der Waals surface area contributed by atoms with Gasteiger partial charge in [-0.3, -0.25) is 9.59 Å². The summed E-state index contributed by atoms with van der Waals surface area (Å²) >= 11 is 12.7. The van der Waals surface area contributed by atoms with Crippen LogP contribution in [0, 0.1) is 0 Å². The number of aromatic nitrogens is 1. The van der Waals surface area contributed by atoms with Gasteiger partial charge in [0.2, 0.25) is 0 Å². The average Bonchev–Trinajstić information content (AvgIpc) is 3.10. The fraction of sp³-hybridized carbons (Fsp3) is 0.360. The first-order chi connectivity index (χ1) is 15.7. The molecule has 1 fully saturated rings. The standard InChI is InChI=1S/C25H26Cl2N2O4/c1-4-16(24(31)32)14-6-8-15(9-7-14)25(10-5-11-25)28-23(30)19-12-17-18(29(19)2)13-20(33-3)22(27)21(17)26/h6-9,12-13,16H,4-5,10-11H2,1-3H3,(H,28,30)(H,31,32). The third-order valence-electron chi connectivity index (χ3n) is 6.78. The second-order valence-electron chi connectivity index (χ2n) is 8.54. The highest BCUT2D eigenvalue weighted by molar-refractivity contribution is 6.46. The van der Waals surface area contributed by atoms with Gasteiger partial charge in [-0.1, -0.05) is 54.4 Å². The average molecular weight is 489 g/mol. The molecule has 4 rings (SSSR count). The van der Waals surface area contributed by atoms with E-state index in [1.165, 1.54) is 7.11 Å². The Kier molecular flexibility index (Phi) is 6.34. The molecule has 0 radical (unpaired) electrons. The van der Waals surface area contributed by atoms with Crippen molar-refractivity contribution >= 4 is 46.0 Å². The van der Waals surface area contributed by atoms with E-state index < -0.39 is 17.4 Å². The number of rotatable bonds is 7. The number of amides is 1. The number of benzene rings is 2. The molecule has 1 atom stereocenters. The fourth-order valence-corrected chi connectivity index (χ4v) is 5.11. The number of carbonyl (C=O) groups excluding carboxylic acids is 1. The Morgan fingerprint density at radius 3 is 2.36 bits per heavy atom. The van der Waals surface area contributed by atoms with Crippen LogP contribution in [0.4, 0.5) is 0 Å². The summed E-state index contributed by atoms with van der Waals surface area (Å²) in [6.07, 6.45) is 3.16. The number of methoxy groups -OCH3 is 1. The van der Waals surface area contributed by atoms with Crippen LogP contribution in [0.1, 0.15) is 60.1 Å². The van der Waals surface area contributed by atoms with E-state index >= 15 is 0 Å². The number of aliphatic carboxylic acids is 1. The van der Waals surface area contributed by atoms with Gasteiger partial charge in [-0.2, -0.15) is 0 Å². The van der Waals surface area contributed by atoms with E-state index in [-0.39, 0.29) is 5.91 Å². The summed E-state index contributed by atoms with van der Waals surface area (Å²) in [4.78, 5) is 24.9. The second kappa shape index (κ2) is 8.92. The number of carboxylic acids is 1. The van der Waals surface area contributed by atoms with Gasteiger partial charge >= 0.3 is 5.97 Å². The van der Waals surface area contributed by atoms with E-state index in [4.69, 9.17) is 27.9 Å². The lowest BCUT2D eigenvalue weighted by Gasteiger charge is -2.43. The van der Waals surface area contributed by atoms with Gasteiger partial charge in [-0.05, 0) is 42.9 Å². The number of halogens is 2. The fourth-order valence-electron chi connectivity index (χ4n) is 4.63. The lowest BCUT2D eigenvalue weighted by Crippen LogP contribution is -2.51. The van der Waals surface area contributed by atoms with Crippen LogP contribution in [-0.4, -0.2) is 28.7 Å². The van der Waals surface area contributed by atoms with Crippen molar-refractivity contribution in [3.63, 3.8) is 0 Å². The lowest BCUT2D eigenvalue weighted by atomic mass is 9.71. The number of aryl methyl sites for hydroxylation is 1. The molecule has 6 nitrogen and oxygen atoms in total. The smallest absolute Gasteiger partial charge is 0.310 e. The van der Waals surface area contributed by atoms with Crippen molar-refractivity contribution in [3.8, 4) is 5.75 Å². The summed E-state index contributed by atoms with van der Waals surface area (Å²) in [5.74, 6) is -1.12. The molecular formula is C25H26Cl2N2O4. The zero-order chi connectivity index (χ0) is 23.9. The van der Waals surface area contributed by atoms with E-state index in [2.05, 4.69) is 5.32 Å². The van der Waals surface area contributed by atoms with Crippen LogP contribution < -0.4 is 10.1 Å².